The zero-order valence-electron chi connectivity index (χ0n) is 17.3. The van der Waals surface area contributed by atoms with Crippen molar-refractivity contribution in [3.8, 4) is 11.5 Å². The number of ether oxygens (including phenoxy) is 4. The van der Waals surface area contributed by atoms with Crippen molar-refractivity contribution in [2.45, 2.75) is 19.4 Å². The molecule has 1 aromatic carbocycles. The van der Waals surface area contributed by atoms with Crippen molar-refractivity contribution in [1.82, 2.24) is 10.2 Å². The molecular weight excluding hydrogens is 473 g/mol. The van der Waals surface area contributed by atoms with Gasteiger partial charge in [0.15, 0.2) is 5.96 Å². The molecule has 28 heavy (non-hydrogen) atoms. The average Bonchev–Trinajstić information content (AvgIpc) is 3.15. The summed E-state index contributed by atoms with van der Waals surface area (Å²) in [6, 6.07) is 7.62. The van der Waals surface area contributed by atoms with Crippen LogP contribution >= 0.6 is 24.0 Å². The second-order valence-electron chi connectivity index (χ2n) is 6.70. The number of halogens is 1. The largest absolute Gasteiger partial charge is 0.497 e. The smallest absolute Gasteiger partial charge is 0.193 e. The van der Waals surface area contributed by atoms with Gasteiger partial charge >= 0.3 is 0 Å². The third-order valence-corrected chi connectivity index (χ3v) is 4.53. The van der Waals surface area contributed by atoms with Gasteiger partial charge in [-0.3, -0.25) is 4.99 Å². The Hall–Kier alpha value is -1.26. The van der Waals surface area contributed by atoms with E-state index in [0.717, 1.165) is 43.6 Å². The van der Waals surface area contributed by atoms with Crippen LogP contribution in [0.15, 0.2) is 29.3 Å². The summed E-state index contributed by atoms with van der Waals surface area (Å²) in [6.07, 6.45) is 1.14. The first-order chi connectivity index (χ1) is 13.2. The first-order valence-corrected chi connectivity index (χ1v) is 9.49. The quantitative estimate of drug-likeness (QED) is 0.228. The van der Waals surface area contributed by atoms with Crippen molar-refractivity contribution in [3.05, 3.63) is 24.3 Å². The van der Waals surface area contributed by atoms with Crippen molar-refractivity contribution in [2.24, 2.45) is 10.9 Å². The molecule has 0 bridgehead atoms. The number of hydrogen-bond donors (Lipinski definition) is 1. The highest BCUT2D eigenvalue weighted by molar-refractivity contribution is 14.0. The minimum atomic E-state index is 0. The van der Waals surface area contributed by atoms with Crippen LogP contribution in [-0.2, 0) is 9.47 Å². The van der Waals surface area contributed by atoms with Crippen molar-refractivity contribution < 1.29 is 18.9 Å². The highest BCUT2D eigenvalue weighted by Gasteiger charge is 2.25. The maximum Gasteiger partial charge on any atom is 0.193 e. The molecular formula is C20H34IN3O4. The van der Waals surface area contributed by atoms with Crippen LogP contribution in [0.25, 0.3) is 0 Å². The lowest BCUT2D eigenvalue weighted by Crippen LogP contribution is -2.43. The van der Waals surface area contributed by atoms with E-state index in [4.69, 9.17) is 18.9 Å². The Kier molecular flexibility index (Phi) is 12.2. The Morgan fingerprint density at radius 1 is 1.21 bits per heavy atom. The van der Waals surface area contributed by atoms with Gasteiger partial charge in [-0.1, -0.05) is 0 Å². The molecule has 2 rings (SSSR count). The van der Waals surface area contributed by atoms with Gasteiger partial charge in [-0.2, -0.15) is 0 Å². The summed E-state index contributed by atoms with van der Waals surface area (Å²) < 4.78 is 21.8. The normalized spacial score (nSPS) is 17.8. The standard InChI is InChI=1S/C20H33N3O4.HI/c1-16(27-19-7-5-18(25-4)6-8-19)13-22-20(21-2)23-10-9-17(14-23)15-26-12-11-24-3;/h5-8,16-17H,9-15H2,1-4H3,(H,21,22);1H. The number of rotatable bonds is 10. The van der Waals surface area contributed by atoms with E-state index < -0.39 is 0 Å². The van der Waals surface area contributed by atoms with Crippen LogP contribution in [0, 0.1) is 5.92 Å². The van der Waals surface area contributed by atoms with Crippen molar-refractivity contribution >= 4 is 29.9 Å². The van der Waals surface area contributed by atoms with Crippen molar-refractivity contribution in [2.75, 3.05) is 60.7 Å². The maximum atomic E-state index is 5.95. The van der Waals surface area contributed by atoms with Crippen LogP contribution in [0.4, 0.5) is 0 Å². The molecule has 2 atom stereocenters. The average molecular weight is 507 g/mol. The zero-order chi connectivity index (χ0) is 19.5. The minimum Gasteiger partial charge on any atom is -0.497 e. The summed E-state index contributed by atoms with van der Waals surface area (Å²) >= 11 is 0. The SMILES string of the molecule is CN=C(NCC(C)Oc1ccc(OC)cc1)N1CCC(COCCOC)C1.I. The Labute approximate surface area is 185 Å². The van der Waals surface area contributed by atoms with Gasteiger partial charge in [-0.05, 0) is 37.6 Å². The zero-order valence-corrected chi connectivity index (χ0v) is 19.7. The highest BCUT2D eigenvalue weighted by atomic mass is 127. The topological polar surface area (TPSA) is 64.6 Å². The predicted molar refractivity (Wildman–Crippen MR) is 122 cm³/mol. The molecule has 0 amide bonds. The minimum absolute atomic E-state index is 0. The maximum absolute atomic E-state index is 5.95. The fourth-order valence-electron chi connectivity index (χ4n) is 3.05. The second-order valence-corrected chi connectivity index (χ2v) is 6.70. The first-order valence-electron chi connectivity index (χ1n) is 9.49. The van der Waals surface area contributed by atoms with E-state index in [2.05, 4.69) is 15.2 Å². The van der Waals surface area contributed by atoms with E-state index in [1.807, 2.05) is 38.2 Å². The van der Waals surface area contributed by atoms with Gasteiger partial charge in [-0.25, -0.2) is 0 Å². The first kappa shape index (κ1) is 24.8. The lowest BCUT2D eigenvalue weighted by atomic mass is 10.1. The lowest BCUT2D eigenvalue weighted by molar-refractivity contribution is 0.0536. The van der Waals surface area contributed by atoms with E-state index >= 15 is 0 Å². The molecule has 7 nitrogen and oxygen atoms in total. The number of aliphatic imine (C=N–C) groups is 1. The van der Waals surface area contributed by atoms with E-state index in [1.165, 1.54) is 0 Å². The van der Waals surface area contributed by atoms with Crippen LogP contribution in [-0.4, -0.2) is 77.7 Å². The number of hydrogen-bond acceptors (Lipinski definition) is 5. The molecule has 0 saturated carbocycles. The van der Waals surface area contributed by atoms with Gasteiger partial charge in [0.2, 0.25) is 0 Å². The Morgan fingerprint density at radius 3 is 2.57 bits per heavy atom. The molecule has 0 spiro atoms. The molecule has 1 aliphatic rings. The van der Waals surface area contributed by atoms with Crippen molar-refractivity contribution in [1.29, 1.82) is 0 Å². The van der Waals surface area contributed by atoms with Gasteiger partial charge < -0.3 is 29.2 Å². The summed E-state index contributed by atoms with van der Waals surface area (Å²) in [7, 11) is 5.16. The summed E-state index contributed by atoms with van der Waals surface area (Å²) in [5.41, 5.74) is 0. The number of benzene rings is 1. The summed E-state index contributed by atoms with van der Waals surface area (Å²) in [5.74, 6) is 3.10. The Bertz CT molecular complexity index is 571. The third-order valence-electron chi connectivity index (χ3n) is 4.53. The summed E-state index contributed by atoms with van der Waals surface area (Å²) in [5, 5.41) is 3.42. The molecule has 1 heterocycles. The molecule has 1 aromatic rings. The molecule has 1 fully saturated rings. The number of likely N-dealkylation sites (tertiary alicyclic amines) is 1. The van der Waals surface area contributed by atoms with E-state index in [1.54, 1.807) is 14.2 Å². The molecule has 8 heteroatoms. The summed E-state index contributed by atoms with van der Waals surface area (Å²) in [6.45, 7) is 6.75. The second kappa shape index (κ2) is 13.8. The molecule has 160 valence electrons. The van der Waals surface area contributed by atoms with Gasteiger partial charge in [0.1, 0.15) is 17.6 Å². The van der Waals surface area contributed by atoms with E-state index in [0.29, 0.717) is 25.7 Å². The third kappa shape index (κ3) is 8.40. The molecule has 1 saturated heterocycles. The van der Waals surface area contributed by atoms with Gasteiger partial charge in [-0.15, -0.1) is 24.0 Å². The van der Waals surface area contributed by atoms with Crippen molar-refractivity contribution in [3.63, 3.8) is 0 Å². The van der Waals surface area contributed by atoms with Crippen LogP contribution in [0.1, 0.15) is 13.3 Å². The fourth-order valence-corrected chi connectivity index (χ4v) is 3.05. The van der Waals surface area contributed by atoms with Crippen LogP contribution in [0.3, 0.4) is 0 Å². The molecule has 1 aliphatic heterocycles. The van der Waals surface area contributed by atoms with E-state index in [-0.39, 0.29) is 30.1 Å². The van der Waals surface area contributed by atoms with Gasteiger partial charge in [0.25, 0.3) is 0 Å². The number of nitrogens with zero attached hydrogens (tertiary/aromatic N) is 2. The van der Waals surface area contributed by atoms with Gasteiger partial charge in [0.05, 0.1) is 33.5 Å². The lowest BCUT2D eigenvalue weighted by Gasteiger charge is -2.23. The van der Waals surface area contributed by atoms with Crippen LogP contribution in [0.2, 0.25) is 0 Å². The highest BCUT2D eigenvalue weighted by Crippen LogP contribution is 2.18. The monoisotopic (exact) mass is 507 g/mol. The molecule has 2 unspecified atom stereocenters. The number of methoxy groups -OCH3 is 2. The number of guanidine groups is 1. The van der Waals surface area contributed by atoms with Crippen LogP contribution in [0.5, 0.6) is 11.5 Å². The van der Waals surface area contributed by atoms with Gasteiger partial charge in [0, 0.05) is 33.2 Å². The Morgan fingerprint density at radius 2 is 1.93 bits per heavy atom. The van der Waals surface area contributed by atoms with E-state index in [9.17, 15) is 0 Å². The van der Waals surface area contributed by atoms with Crippen LogP contribution < -0.4 is 14.8 Å². The Balaban J connectivity index is 0.00000392. The fraction of sp³-hybridized carbons (Fsp3) is 0.650. The molecule has 0 aromatic heterocycles. The molecule has 0 aliphatic carbocycles. The molecule has 1 N–H and O–H groups in total. The molecule has 0 radical (unpaired) electrons. The summed E-state index contributed by atoms with van der Waals surface area (Å²) in [4.78, 5) is 6.70. The number of nitrogens with one attached hydrogen (secondary N) is 1. The predicted octanol–water partition coefficient (Wildman–Crippen LogP) is 2.64.